The predicted molar refractivity (Wildman–Crippen MR) is 58.4 cm³/mol. The number of nitrogens with two attached hydrogens (primary N) is 1. The van der Waals surface area contributed by atoms with Gasteiger partial charge in [0.1, 0.15) is 6.79 Å². The van der Waals surface area contributed by atoms with Gasteiger partial charge in [0.15, 0.2) is 5.79 Å². The highest BCUT2D eigenvalue weighted by Gasteiger charge is 2.33. The Kier molecular flexibility index (Phi) is 6.17. The van der Waals surface area contributed by atoms with E-state index in [0.29, 0.717) is 19.9 Å². The van der Waals surface area contributed by atoms with E-state index in [1.807, 2.05) is 6.92 Å². The standard InChI is InChI=1S/C11H23NO3/c1-2-13-10-15-11(7-5-8-12)6-3-4-9-14-11/h2-10,12H2,1H3. The minimum Gasteiger partial charge on any atom is -0.356 e. The molecule has 90 valence electrons. The Bertz CT molecular complexity index is 158. The van der Waals surface area contributed by atoms with Crippen molar-refractivity contribution in [3.05, 3.63) is 0 Å². The maximum absolute atomic E-state index is 5.76. The molecule has 15 heavy (non-hydrogen) atoms. The zero-order valence-electron chi connectivity index (χ0n) is 9.67. The first-order chi connectivity index (χ1) is 7.33. The Morgan fingerprint density at radius 2 is 2.27 bits per heavy atom. The molecule has 0 bridgehead atoms. The van der Waals surface area contributed by atoms with Gasteiger partial charge in [-0.05, 0) is 32.7 Å². The van der Waals surface area contributed by atoms with E-state index in [1.165, 1.54) is 0 Å². The van der Waals surface area contributed by atoms with Crippen LogP contribution >= 0.6 is 0 Å². The lowest BCUT2D eigenvalue weighted by Crippen LogP contribution is -2.40. The lowest BCUT2D eigenvalue weighted by Gasteiger charge is -2.36. The Balaban J connectivity index is 2.35. The van der Waals surface area contributed by atoms with E-state index in [2.05, 4.69) is 0 Å². The van der Waals surface area contributed by atoms with Crippen molar-refractivity contribution >= 4 is 0 Å². The van der Waals surface area contributed by atoms with E-state index < -0.39 is 5.79 Å². The minimum absolute atomic E-state index is 0.321. The van der Waals surface area contributed by atoms with Gasteiger partial charge >= 0.3 is 0 Å². The van der Waals surface area contributed by atoms with Crippen molar-refractivity contribution in [2.75, 3.05) is 26.6 Å². The zero-order valence-corrected chi connectivity index (χ0v) is 9.67. The highest BCUT2D eigenvalue weighted by atomic mass is 16.8. The molecule has 1 aliphatic rings. The van der Waals surface area contributed by atoms with Gasteiger partial charge in [0, 0.05) is 19.4 Å². The summed E-state index contributed by atoms with van der Waals surface area (Å²) in [6.45, 7) is 4.42. The van der Waals surface area contributed by atoms with Crippen LogP contribution in [0.3, 0.4) is 0 Å². The van der Waals surface area contributed by atoms with Crippen molar-refractivity contribution in [1.82, 2.24) is 0 Å². The molecule has 4 heteroatoms. The molecule has 0 aromatic rings. The van der Waals surface area contributed by atoms with Crippen LogP contribution < -0.4 is 5.73 Å². The molecule has 1 atom stereocenters. The highest BCUT2D eigenvalue weighted by Crippen LogP contribution is 2.30. The SMILES string of the molecule is CCOCOC1(CCCN)CCCCO1. The fourth-order valence-corrected chi connectivity index (χ4v) is 1.81. The smallest absolute Gasteiger partial charge is 0.171 e. The summed E-state index contributed by atoms with van der Waals surface area (Å²) in [5.74, 6) is -0.424. The minimum atomic E-state index is -0.424. The van der Waals surface area contributed by atoms with Gasteiger partial charge in [-0.25, -0.2) is 0 Å². The quantitative estimate of drug-likeness (QED) is 0.520. The van der Waals surface area contributed by atoms with Crippen molar-refractivity contribution in [1.29, 1.82) is 0 Å². The van der Waals surface area contributed by atoms with Gasteiger partial charge in [-0.15, -0.1) is 0 Å². The first-order valence-electron chi connectivity index (χ1n) is 5.89. The molecule has 0 saturated carbocycles. The van der Waals surface area contributed by atoms with Crippen molar-refractivity contribution in [3.8, 4) is 0 Å². The number of rotatable bonds is 7. The van der Waals surface area contributed by atoms with Crippen molar-refractivity contribution in [2.24, 2.45) is 5.73 Å². The van der Waals surface area contributed by atoms with Gasteiger partial charge in [0.05, 0.1) is 6.61 Å². The number of hydrogen-bond donors (Lipinski definition) is 1. The van der Waals surface area contributed by atoms with E-state index in [4.69, 9.17) is 19.9 Å². The van der Waals surface area contributed by atoms with Gasteiger partial charge in [0.25, 0.3) is 0 Å². The zero-order chi connectivity index (χ0) is 11.0. The van der Waals surface area contributed by atoms with Crippen molar-refractivity contribution in [3.63, 3.8) is 0 Å². The summed E-state index contributed by atoms with van der Waals surface area (Å²) < 4.78 is 16.7. The first kappa shape index (κ1) is 12.9. The van der Waals surface area contributed by atoms with Crippen LogP contribution in [0.4, 0.5) is 0 Å². The number of ether oxygens (including phenoxy) is 3. The van der Waals surface area contributed by atoms with Crippen LogP contribution in [0.1, 0.15) is 39.0 Å². The van der Waals surface area contributed by atoms with Gasteiger partial charge in [0.2, 0.25) is 0 Å². The largest absolute Gasteiger partial charge is 0.356 e. The van der Waals surface area contributed by atoms with Crippen LogP contribution in [0.5, 0.6) is 0 Å². The molecule has 0 aromatic heterocycles. The molecule has 0 aromatic carbocycles. The number of hydrogen-bond acceptors (Lipinski definition) is 4. The second-order valence-electron chi connectivity index (χ2n) is 3.86. The van der Waals surface area contributed by atoms with Gasteiger partial charge in [-0.3, -0.25) is 0 Å². The monoisotopic (exact) mass is 217 g/mol. The Morgan fingerprint density at radius 3 is 2.87 bits per heavy atom. The molecule has 0 amide bonds. The topological polar surface area (TPSA) is 53.7 Å². The summed E-state index contributed by atoms with van der Waals surface area (Å²) in [5, 5.41) is 0. The second-order valence-corrected chi connectivity index (χ2v) is 3.86. The second kappa shape index (κ2) is 7.17. The fraction of sp³-hybridized carbons (Fsp3) is 1.00. The van der Waals surface area contributed by atoms with Crippen LogP contribution in [0.25, 0.3) is 0 Å². The van der Waals surface area contributed by atoms with Crippen LogP contribution in [0, 0.1) is 0 Å². The van der Waals surface area contributed by atoms with Gasteiger partial charge < -0.3 is 19.9 Å². The third-order valence-electron chi connectivity index (χ3n) is 2.69. The fourth-order valence-electron chi connectivity index (χ4n) is 1.81. The normalized spacial score (nSPS) is 26.8. The Labute approximate surface area is 92.1 Å². The lowest BCUT2D eigenvalue weighted by molar-refractivity contribution is -0.289. The molecular formula is C11H23NO3. The molecule has 0 radical (unpaired) electrons. The highest BCUT2D eigenvalue weighted by molar-refractivity contribution is 4.74. The average Bonchev–Trinajstić information content (AvgIpc) is 2.28. The average molecular weight is 217 g/mol. The maximum Gasteiger partial charge on any atom is 0.171 e. The molecule has 1 rings (SSSR count). The van der Waals surface area contributed by atoms with Crippen LogP contribution in [-0.2, 0) is 14.2 Å². The van der Waals surface area contributed by atoms with E-state index >= 15 is 0 Å². The summed E-state index contributed by atoms with van der Waals surface area (Å²) in [6.07, 6.45) is 5.06. The summed E-state index contributed by atoms with van der Waals surface area (Å²) in [4.78, 5) is 0. The summed E-state index contributed by atoms with van der Waals surface area (Å²) in [7, 11) is 0. The summed E-state index contributed by atoms with van der Waals surface area (Å²) in [5.41, 5.74) is 5.52. The van der Waals surface area contributed by atoms with Gasteiger partial charge in [-0.1, -0.05) is 0 Å². The first-order valence-corrected chi connectivity index (χ1v) is 5.89. The molecule has 0 spiro atoms. The van der Waals surface area contributed by atoms with Crippen LogP contribution in [0.15, 0.2) is 0 Å². The summed E-state index contributed by atoms with van der Waals surface area (Å²) in [6, 6.07) is 0. The Morgan fingerprint density at radius 1 is 1.40 bits per heavy atom. The lowest BCUT2D eigenvalue weighted by atomic mass is 10.0. The molecular weight excluding hydrogens is 194 g/mol. The Hall–Kier alpha value is -0.160. The van der Waals surface area contributed by atoms with E-state index in [0.717, 1.165) is 38.7 Å². The summed E-state index contributed by atoms with van der Waals surface area (Å²) >= 11 is 0. The third kappa shape index (κ3) is 4.47. The molecule has 1 heterocycles. The molecule has 0 aliphatic carbocycles. The van der Waals surface area contributed by atoms with Gasteiger partial charge in [-0.2, -0.15) is 0 Å². The van der Waals surface area contributed by atoms with E-state index in [1.54, 1.807) is 0 Å². The van der Waals surface area contributed by atoms with Crippen molar-refractivity contribution in [2.45, 2.75) is 44.8 Å². The molecule has 2 N–H and O–H groups in total. The molecule has 1 saturated heterocycles. The third-order valence-corrected chi connectivity index (χ3v) is 2.69. The van der Waals surface area contributed by atoms with Crippen LogP contribution in [-0.4, -0.2) is 32.3 Å². The van der Waals surface area contributed by atoms with E-state index in [9.17, 15) is 0 Å². The predicted octanol–water partition coefficient (Wildman–Crippen LogP) is 1.63. The maximum atomic E-state index is 5.76. The van der Waals surface area contributed by atoms with E-state index in [-0.39, 0.29) is 0 Å². The molecule has 1 aliphatic heterocycles. The molecule has 1 fully saturated rings. The molecule has 1 unspecified atom stereocenters. The van der Waals surface area contributed by atoms with Crippen molar-refractivity contribution < 1.29 is 14.2 Å². The molecule has 4 nitrogen and oxygen atoms in total. The van der Waals surface area contributed by atoms with Crippen LogP contribution in [0.2, 0.25) is 0 Å².